The number of hydrogen-bond acceptors (Lipinski definition) is 3. The molecule has 2 aromatic rings. The molecule has 0 saturated carbocycles. The first-order valence-electron chi connectivity index (χ1n) is 8.32. The Morgan fingerprint density at radius 1 is 1.22 bits per heavy atom. The molecule has 1 N–H and O–H groups in total. The van der Waals surface area contributed by atoms with Crippen LogP contribution in [-0.4, -0.2) is 40.6 Å². The summed E-state index contributed by atoms with van der Waals surface area (Å²) in [6.45, 7) is 4.31. The molecule has 0 aliphatic carbocycles. The number of aryl methyl sites for hydroxylation is 1. The van der Waals surface area contributed by atoms with Crippen molar-refractivity contribution in [3.05, 3.63) is 46.8 Å². The average molecular weight is 382 g/mol. The maximum atomic E-state index is 13.2. The quantitative estimate of drug-likeness (QED) is 0.860. The highest BCUT2D eigenvalue weighted by molar-refractivity contribution is 6.05. The molecule has 0 fully saturated rings. The van der Waals surface area contributed by atoms with E-state index in [9.17, 15) is 22.8 Å². The molecule has 0 aliphatic rings. The van der Waals surface area contributed by atoms with Crippen molar-refractivity contribution >= 4 is 17.5 Å². The van der Waals surface area contributed by atoms with Crippen molar-refractivity contribution < 1.29 is 22.8 Å². The van der Waals surface area contributed by atoms with E-state index in [1.807, 2.05) is 6.92 Å². The van der Waals surface area contributed by atoms with Crippen molar-refractivity contribution in [2.45, 2.75) is 33.0 Å². The Bertz CT molecular complexity index is 857. The summed E-state index contributed by atoms with van der Waals surface area (Å²) in [6.07, 6.45) is -2.45. The fraction of sp³-hybridized carbons (Fsp3) is 0.389. The molecule has 1 heterocycles. The number of halogens is 3. The lowest BCUT2D eigenvalue weighted by Gasteiger charge is -2.15. The highest BCUT2D eigenvalue weighted by Crippen LogP contribution is 2.32. The Balaban J connectivity index is 2.38. The van der Waals surface area contributed by atoms with Gasteiger partial charge in [-0.15, -0.1) is 0 Å². The van der Waals surface area contributed by atoms with E-state index in [0.29, 0.717) is 12.2 Å². The first kappa shape index (κ1) is 20.5. The normalized spacial score (nSPS) is 11.4. The molecule has 0 bridgehead atoms. The molecule has 0 atom stereocenters. The summed E-state index contributed by atoms with van der Waals surface area (Å²) < 4.78 is 41.2. The Hall–Kier alpha value is -2.84. The number of benzene rings is 1. The Morgan fingerprint density at radius 3 is 2.44 bits per heavy atom. The van der Waals surface area contributed by atoms with Crippen LogP contribution in [0, 0.1) is 6.92 Å². The second kappa shape index (κ2) is 7.81. The number of rotatable bonds is 5. The molecule has 2 amide bonds. The summed E-state index contributed by atoms with van der Waals surface area (Å²) >= 11 is 0. The lowest BCUT2D eigenvalue weighted by molar-refractivity contribution is -0.137. The maximum Gasteiger partial charge on any atom is 0.416 e. The van der Waals surface area contributed by atoms with Crippen LogP contribution in [0.15, 0.2) is 24.4 Å². The van der Waals surface area contributed by atoms with Gasteiger partial charge in [-0.05, 0) is 31.5 Å². The fourth-order valence-electron chi connectivity index (χ4n) is 2.55. The van der Waals surface area contributed by atoms with Crippen LogP contribution in [0.5, 0.6) is 0 Å². The van der Waals surface area contributed by atoms with E-state index >= 15 is 0 Å². The van der Waals surface area contributed by atoms with Gasteiger partial charge in [0, 0.05) is 37.6 Å². The first-order valence-corrected chi connectivity index (χ1v) is 8.32. The van der Waals surface area contributed by atoms with Gasteiger partial charge in [0.25, 0.3) is 11.8 Å². The number of aromatic nitrogens is 2. The van der Waals surface area contributed by atoms with E-state index in [0.717, 1.165) is 18.6 Å². The molecule has 27 heavy (non-hydrogen) atoms. The molecule has 1 aromatic carbocycles. The van der Waals surface area contributed by atoms with Crippen molar-refractivity contribution in [3.63, 3.8) is 0 Å². The van der Waals surface area contributed by atoms with Gasteiger partial charge in [0.2, 0.25) is 0 Å². The van der Waals surface area contributed by atoms with Gasteiger partial charge >= 0.3 is 6.18 Å². The maximum absolute atomic E-state index is 13.2. The Morgan fingerprint density at radius 2 is 1.89 bits per heavy atom. The number of hydrogen-bond donors (Lipinski definition) is 1. The van der Waals surface area contributed by atoms with Crippen LogP contribution >= 0.6 is 0 Å². The number of carbonyl (C=O) groups is 2. The van der Waals surface area contributed by atoms with Crippen LogP contribution in [-0.2, 0) is 12.7 Å². The fourth-order valence-corrected chi connectivity index (χ4v) is 2.55. The summed E-state index contributed by atoms with van der Waals surface area (Å²) in [5, 5.41) is 6.55. The predicted molar refractivity (Wildman–Crippen MR) is 94.7 cm³/mol. The third-order valence-electron chi connectivity index (χ3n) is 3.95. The number of anilines is 1. The van der Waals surface area contributed by atoms with Gasteiger partial charge in [0.1, 0.15) is 0 Å². The molecule has 0 spiro atoms. The van der Waals surface area contributed by atoms with Gasteiger partial charge < -0.3 is 10.2 Å². The van der Waals surface area contributed by atoms with Crippen molar-refractivity contribution in [2.24, 2.45) is 0 Å². The molecular formula is C18H21F3N4O2. The van der Waals surface area contributed by atoms with Gasteiger partial charge in [0.15, 0.2) is 0 Å². The molecule has 6 nitrogen and oxygen atoms in total. The van der Waals surface area contributed by atoms with Crippen molar-refractivity contribution in [3.8, 4) is 0 Å². The molecule has 0 saturated heterocycles. The van der Waals surface area contributed by atoms with Crippen molar-refractivity contribution in [2.75, 3.05) is 19.4 Å². The highest BCUT2D eigenvalue weighted by atomic mass is 19.4. The number of carbonyl (C=O) groups excluding carboxylic acids is 2. The second-order valence-electron chi connectivity index (χ2n) is 6.32. The molecule has 0 aliphatic heterocycles. The summed E-state index contributed by atoms with van der Waals surface area (Å²) in [7, 11) is 2.87. The zero-order valence-corrected chi connectivity index (χ0v) is 15.5. The smallest absolute Gasteiger partial charge is 0.345 e. The van der Waals surface area contributed by atoms with Crippen molar-refractivity contribution in [1.29, 1.82) is 0 Å². The third kappa shape index (κ3) is 4.66. The van der Waals surface area contributed by atoms with Gasteiger partial charge in [0.05, 0.1) is 17.3 Å². The summed E-state index contributed by atoms with van der Waals surface area (Å²) in [4.78, 5) is 25.7. The van der Waals surface area contributed by atoms with E-state index in [-0.39, 0.29) is 16.8 Å². The van der Waals surface area contributed by atoms with Gasteiger partial charge in [-0.25, -0.2) is 0 Å². The largest absolute Gasteiger partial charge is 0.416 e. The molecule has 146 valence electrons. The van der Waals surface area contributed by atoms with E-state index in [2.05, 4.69) is 10.4 Å². The standard InChI is InChI=1S/C18H21F3N4O2/c1-5-6-25-11(2)15(10-22-25)16(26)23-14-8-12(17(27)24(3)4)7-13(9-14)18(19,20)21/h7-10H,5-6H2,1-4H3,(H,23,26). The lowest BCUT2D eigenvalue weighted by atomic mass is 10.1. The monoisotopic (exact) mass is 382 g/mol. The summed E-state index contributed by atoms with van der Waals surface area (Å²) in [6, 6.07) is 2.79. The zero-order chi connectivity index (χ0) is 20.4. The minimum Gasteiger partial charge on any atom is -0.345 e. The molecule has 9 heteroatoms. The number of nitrogens with one attached hydrogen (secondary N) is 1. The van der Waals surface area contributed by atoms with Crippen molar-refractivity contribution in [1.82, 2.24) is 14.7 Å². The molecule has 1 aromatic heterocycles. The lowest BCUT2D eigenvalue weighted by Crippen LogP contribution is -2.23. The van der Waals surface area contributed by atoms with Crippen LogP contribution in [0.25, 0.3) is 0 Å². The van der Waals surface area contributed by atoms with Gasteiger partial charge in [-0.2, -0.15) is 18.3 Å². The predicted octanol–water partition coefficient (Wildman–Crippen LogP) is 3.57. The van der Waals surface area contributed by atoms with E-state index in [4.69, 9.17) is 0 Å². The minimum atomic E-state index is -4.65. The second-order valence-corrected chi connectivity index (χ2v) is 6.32. The Kier molecular flexibility index (Phi) is 5.92. The molecule has 0 radical (unpaired) electrons. The average Bonchev–Trinajstić information content (AvgIpc) is 2.94. The SMILES string of the molecule is CCCn1ncc(C(=O)Nc2cc(C(=O)N(C)C)cc(C(F)(F)F)c2)c1C. The summed E-state index contributed by atoms with van der Waals surface area (Å²) in [5.74, 6) is -1.18. The molecular weight excluding hydrogens is 361 g/mol. The highest BCUT2D eigenvalue weighted by Gasteiger charge is 2.32. The first-order chi connectivity index (χ1) is 12.5. The van der Waals surface area contributed by atoms with Crippen LogP contribution < -0.4 is 5.32 Å². The van der Waals surface area contributed by atoms with Gasteiger partial charge in [-0.1, -0.05) is 6.92 Å². The third-order valence-corrected chi connectivity index (χ3v) is 3.95. The number of amides is 2. The minimum absolute atomic E-state index is 0.109. The van der Waals surface area contributed by atoms with Crippen LogP contribution in [0.2, 0.25) is 0 Å². The molecule has 2 rings (SSSR count). The van der Waals surface area contributed by atoms with E-state index in [1.165, 1.54) is 31.3 Å². The van der Waals surface area contributed by atoms with E-state index < -0.39 is 23.6 Å². The van der Waals surface area contributed by atoms with Gasteiger partial charge in [-0.3, -0.25) is 14.3 Å². The molecule has 0 unspecified atom stereocenters. The van der Waals surface area contributed by atoms with Crippen LogP contribution in [0.3, 0.4) is 0 Å². The topological polar surface area (TPSA) is 67.2 Å². The van der Waals surface area contributed by atoms with E-state index in [1.54, 1.807) is 11.6 Å². The number of nitrogens with zero attached hydrogens (tertiary/aromatic N) is 3. The number of alkyl halides is 3. The Labute approximate surface area is 155 Å². The summed E-state index contributed by atoms with van der Waals surface area (Å²) in [5.41, 5.74) is -0.401. The van der Waals surface area contributed by atoms with Crippen LogP contribution in [0.4, 0.5) is 18.9 Å². The van der Waals surface area contributed by atoms with Crippen LogP contribution in [0.1, 0.15) is 45.3 Å². The zero-order valence-electron chi connectivity index (χ0n) is 15.5.